The second-order valence-corrected chi connectivity index (χ2v) is 7.51. The number of nitro benzene ring substituents is 1. The molecular formula is C24H19N7O2. The van der Waals surface area contributed by atoms with Crippen molar-refractivity contribution in [1.82, 2.24) is 24.5 Å². The van der Waals surface area contributed by atoms with Gasteiger partial charge in [0.2, 0.25) is 5.95 Å². The molecule has 0 bridgehead atoms. The summed E-state index contributed by atoms with van der Waals surface area (Å²) in [5, 5.41) is 14.3. The van der Waals surface area contributed by atoms with Gasteiger partial charge in [-0.2, -0.15) is 4.98 Å². The van der Waals surface area contributed by atoms with Gasteiger partial charge in [-0.15, -0.1) is 0 Å². The van der Waals surface area contributed by atoms with Crippen LogP contribution in [0, 0.1) is 10.1 Å². The standard InChI is InChI=1S/C24H19N7O2/c1-16(18-3-2-4-20(13-18)31(32)33)28-24-26-12-9-23(29-24)30-15-27-21-14-19(5-6-22(21)30)17-7-10-25-11-8-17/h2-16H,1H3,(H,26,28,29)/t16-/m0/s1. The average molecular weight is 437 g/mol. The molecule has 2 aromatic carbocycles. The van der Waals surface area contributed by atoms with E-state index in [-0.39, 0.29) is 11.7 Å². The Hall–Kier alpha value is -4.66. The first-order chi connectivity index (χ1) is 16.1. The van der Waals surface area contributed by atoms with Crippen LogP contribution in [0.3, 0.4) is 0 Å². The van der Waals surface area contributed by atoms with Crippen molar-refractivity contribution in [2.45, 2.75) is 13.0 Å². The van der Waals surface area contributed by atoms with Crippen LogP contribution in [0.25, 0.3) is 28.0 Å². The van der Waals surface area contributed by atoms with E-state index >= 15 is 0 Å². The van der Waals surface area contributed by atoms with Crippen molar-refractivity contribution < 1.29 is 4.92 Å². The normalized spacial score (nSPS) is 11.9. The fourth-order valence-corrected chi connectivity index (χ4v) is 3.66. The lowest BCUT2D eigenvalue weighted by molar-refractivity contribution is -0.384. The van der Waals surface area contributed by atoms with Crippen LogP contribution in [0.15, 0.2) is 85.6 Å². The molecule has 9 heteroatoms. The molecular weight excluding hydrogens is 418 g/mol. The molecule has 3 aromatic heterocycles. The molecule has 0 aliphatic carbocycles. The summed E-state index contributed by atoms with van der Waals surface area (Å²) >= 11 is 0. The van der Waals surface area contributed by atoms with Crippen molar-refractivity contribution in [2.75, 3.05) is 5.32 Å². The number of hydrogen-bond donors (Lipinski definition) is 1. The molecule has 0 spiro atoms. The summed E-state index contributed by atoms with van der Waals surface area (Å²) in [6.07, 6.45) is 6.93. The van der Waals surface area contributed by atoms with Crippen molar-refractivity contribution in [3.05, 3.63) is 101 Å². The van der Waals surface area contributed by atoms with Crippen LogP contribution in [0.1, 0.15) is 18.5 Å². The fraction of sp³-hybridized carbons (Fsp3) is 0.0833. The second kappa shape index (κ2) is 8.46. The van der Waals surface area contributed by atoms with Crippen LogP contribution in [0.2, 0.25) is 0 Å². The molecule has 0 unspecified atom stereocenters. The highest BCUT2D eigenvalue weighted by molar-refractivity contribution is 5.83. The molecule has 0 amide bonds. The summed E-state index contributed by atoms with van der Waals surface area (Å²) in [6.45, 7) is 1.91. The molecule has 3 heterocycles. The fourth-order valence-electron chi connectivity index (χ4n) is 3.66. The summed E-state index contributed by atoms with van der Waals surface area (Å²) in [5.41, 5.74) is 4.73. The number of nitrogens with one attached hydrogen (secondary N) is 1. The van der Waals surface area contributed by atoms with E-state index in [1.54, 1.807) is 43.1 Å². The Kier molecular flexibility index (Phi) is 5.19. The van der Waals surface area contributed by atoms with Crippen LogP contribution < -0.4 is 5.32 Å². The van der Waals surface area contributed by atoms with E-state index in [2.05, 4.69) is 25.3 Å². The van der Waals surface area contributed by atoms with Crippen molar-refractivity contribution in [3.8, 4) is 16.9 Å². The molecule has 1 N–H and O–H groups in total. The number of anilines is 1. The quantitative estimate of drug-likeness (QED) is 0.295. The number of nitro groups is 1. The smallest absolute Gasteiger partial charge is 0.269 e. The van der Waals surface area contributed by atoms with Gasteiger partial charge in [0.15, 0.2) is 0 Å². The van der Waals surface area contributed by atoms with Gasteiger partial charge in [-0.3, -0.25) is 19.7 Å². The maximum atomic E-state index is 11.1. The zero-order valence-electron chi connectivity index (χ0n) is 17.7. The van der Waals surface area contributed by atoms with Gasteiger partial charge in [0.05, 0.1) is 22.0 Å². The van der Waals surface area contributed by atoms with Gasteiger partial charge in [0, 0.05) is 30.7 Å². The van der Waals surface area contributed by atoms with Gasteiger partial charge in [0.1, 0.15) is 12.1 Å². The van der Waals surface area contributed by atoms with Gasteiger partial charge in [0.25, 0.3) is 5.69 Å². The number of rotatable bonds is 6. The van der Waals surface area contributed by atoms with Gasteiger partial charge in [-0.1, -0.05) is 18.2 Å². The van der Waals surface area contributed by atoms with Crippen LogP contribution >= 0.6 is 0 Å². The average Bonchev–Trinajstić information content (AvgIpc) is 3.28. The first-order valence-corrected chi connectivity index (χ1v) is 10.3. The number of imidazole rings is 1. The van der Waals surface area contributed by atoms with E-state index in [1.807, 2.05) is 47.9 Å². The van der Waals surface area contributed by atoms with E-state index in [1.165, 1.54) is 6.07 Å². The lowest BCUT2D eigenvalue weighted by atomic mass is 10.1. The molecule has 5 aromatic rings. The number of hydrogen-bond acceptors (Lipinski definition) is 7. The largest absolute Gasteiger partial charge is 0.348 e. The second-order valence-electron chi connectivity index (χ2n) is 7.51. The monoisotopic (exact) mass is 437 g/mol. The van der Waals surface area contributed by atoms with Crippen molar-refractivity contribution in [3.63, 3.8) is 0 Å². The highest BCUT2D eigenvalue weighted by atomic mass is 16.6. The molecule has 0 aliphatic heterocycles. The molecule has 162 valence electrons. The van der Waals surface area contributed by atoms with E-state index < -0.39 is 4.92 Å². The predicted octanol–water partition coefficient (Wildman–Crippen LogP) is 4.96. The number of nitrogens with zero attached hydrogens (tertiary/aromatic N) is 6. The first kappa shape index (κ1) is 20.3. The highest BCUT2D eigenvalue weighted by Gasteiger charge is 2.13. The van der Waals surface area contributed by atoms with Gasteiger partial charge < -0.3 is 5.32 Å². The Morgan fingerprint density at radius 2 is 1.82 bits per heavy atom. The van der Waals surface area contributed by atoms with E-state index in [9.17, 15) is 10.1 Å². The minimum absolute atomic E-state index is 0.0480. The minimum atomic E-state index is -0.405. The number of pyridine rings is 1. The van der Waals surface area contributed by atoms with E-state index in [0.29, 0.717) is 11.8 Å². The molecule has 9 nitrogen and oxygen atoms in total. The topological polar surface area (TPSA) is 112 Å². The third-order valence-corrected chi connectivity index (χ3v) is 5.38. The molecule has 33 heavy (non-hydrogen) atoms. The Balaban J connectivity index is 1.42. The van der Waals surface area contributed by atoms with Crippen molar-refractivity contribution in [1.29, 1.82) is 0 Å². The summed E-state index contributed by atoms with van der Waals surface area (Å²) < 4.78 is 1.90. The van der Waals surface area contributed by atoms with Crippen LogP contribution in [-0.2, 0) is 0 Å². The van der Waals surface area contributed by atoms with Crippen molar-refractivity contribution >= 4 is 22.7 Å². The van der Waals surface area contributed by atoms with Crippen LogP contribution in [-0.4, -0.2) is 29.4 Å². The van der Waals surface area contributed by atoms with Gasteiger partial charge in [-0.05, 0) is 53.9 Å². The molecule has 5 rings (SSSR count). The first-order valence-electron chi connectivity index (χ1n) is 10.3. The van der Waals surface area contributed by atoms with Crippen molar-refractivity contribution in [2.24, 2.45) is 0 Å². The lowest BCUT2D eigenvalue weighted by Crippen LogP contribution is -2.11. The molecule has 0 fully saturated rings. The van der Waals surface area contributed by atoms with Gasteiger partial charge >= 0.3 is 0 Å². The molecule has 1 atom stereocenters. The lowest BCUT2D eigenvalue weighted by Gasteiger charge is -2.14. The predicted molar refractivity (Wildman–Crippen MR) is 125 cm³/mol. The molecule has 0 saturated heterocycles. The number of aromatic nitrogens is 5. The Morgan fingerprint density at radius 1 is 0.970 bits per heavy atom. The zero-order chi connectivity index (χ0) is 22.8. The highest BCUT2D eigenvalue weighted by Crippen LogP contribution is 2.26. The zero-order valence-corrected chi connectivity index (χ0v) is 17.7. The maximum Gasteiger partial charge on any atom is 0.269 e. The van der Waals surface area contributed by atoms with E-state index in [4.69, 9.17) is 0 Å². The molecule has 0 aliphatic rings. The van der Waals surface area contributed by atoms with E-state index in [0.717, 1.165) is 27.7 Å². The van der Waals surface area contributed by atoms with Crippen LogP contribution in [0.4, 0.5) is 11.6 Å². The summed E-state index contributed by atoms with van der Waals surface area (Å²) in [4.78, 5) is 28.2. The summed E-state index contributed by atoms with van der Waals surface area (Å²) in [6, 6.07) is 18.1. The van der Waals surface area contributed by atoms with Gasteiger partial charge in [-0.25, -0.2) is 9.97 Å². The molecule has 0 radical (unpaired) electrons. The SMILES string of the molecule is C[C@H](Nc1nccc(-n2cnc3cc(-c4ccncc4)ccc32)n1)c1cccc([N+](=O)[O-])c1. The maximum absolute atomic E-state index is 11.1. The third kappa shape index (κ3) is 4.11. The van der Waals surface area contributed by atoms with Crippen LogP contribution in [0.5, 0.6) is 0 Å². The third-order valence-electron chi connectivity index (χ3n) is 5.38. The Bertz CT molecular complexity index is 1450. The number of fused-ring (bicyclic) bond motifs is 1. The Labute approximate surface area is 189 Å². The number of non-ortho nitro benzene ring substituents is 1. The number of benzene rings is 2. The minimum Gasteiger partial charge on any atom is -0.348 e. The summed E-state index contributed by atoms with van der Waals surface area (Å²) in [7, 11) is 0. The molecule has 0 saturated carbocycles. The summed E-state index contributed by atoms with van der Waals surface area (Å²) in [5.74, 6) is 1.08. The Morgan fingerprint density at radius 3 is 2.64 bits per heavy atom.